The van der Waals surface area contributed by atoms with E-state index < -0.39 is 0 Å². The number of hydrogen-bond acceptors (Lipinski definition) is 4. The summed E-state index contributed by atoms with van der Waals surface area (Å²) in [5.74, 6) is 1.44. The molecule has 1 N–H and O–H groups in total. The van der Waals surface area contributed by atoms with Gasteiger partial charge in [0, 0.05) is 29.3 Å². The number of anilines is 2. The van der Waals surface area contributed by atoms with Crippen molar-refractivity contribution in [1.82, 2.24) is 9.78 Å². The van der Waals surface area contributed by atoms with E-state index in [-0.39, 0.29) is 11.8 Å². The number of ether oxygens (including phenoxy) is 1. The van der Waals surface area contributed by atoms with Gasteiger partial charge in [0.25, 0.3) is 5.91 Å². The number of methoxy groups -OCH3 is 1. The van der Waals surface area contributed by atoms with Gasteiger partial charge in [-0.2, -0.15) is 5.10 Å². The molecule has 2 heterocycles. The van der Waals surface area contributed by atoms with E-state index in [2.05, 4.69) is 5.32 Å². The van der Waals surface area contributed by atoms with Crippen LogP contribution in [0.4, 0.5) is 11.5 Å². The van der Waals surface area contributed by atoms with Gasteiger partial charge in [-0.05, 0) is 61.0 Å². The normalized spacial score (nSPS) is 12.9. The van der Waals surface area contributed by atoms with Crippen LogP contribution in [0, 0.1) is 6.92 Å². The molecule has 0 fully saturated rings. The van der Waals surface area contributed by atoms with Gasteiger partial charge < -0.3 is 10.1 Å². The lowest BCUT2D eigenvalue weighted by Gasteiger charge is -2.27. The zero-order chi connectivity index (χ0) is 24.4. The first-order valence-corrected chi connectivity index (χ1v) is 11.5. The van der Waals surface area contributed by atoms with Crippen molar-refractivity contribution >= 4 is 23.3 Å². The number of benzene rings is 3. The molecule has 0 spiro atoms. The molecule has 1 aromatic heterocycles. The molecule has 0 aliphatic carbocycles. The average Bonchev–Trinajstić information content (AvgIpc) is 3.32. The van der Waals surface area contributed by atoms with Gasteiger partial charge in [0.2, 0.25) is 5.91 Å². The number of nitrogens with zero attached hydrogens (tertiary/aromatic N) is 3. The molecule has 0 bridgehead atoms. The van der Waals surface area contributed by atoms with Gasteiger partial charge in [0.1, 0.15) is 11.6 Å². The molecule has 2 amide bonds. The number of carbonyl (C=O) groups excluding carboxylic acids is 2. The van der Waals surface area contributed by atoms with Crippen molar-refractivity contribution < 1.29 is 14.3 Å². The molecule has 176 valence electrons. The fraction of sp³-hybridized carbons (Fsp3) is 0.179. The second-order valence-corrected chi connectivity index (χ2v) is 8.59. The summed E-state index contributed by atoms with van der Waals surface area (Å²) in [5.41, 5.74) is 5.16. The summed E-state index contributed by atoms with van der Waals surface area (Å²) in [5, 5.41) is 7.62. The second kappa shape index (κ2) is 9.46. The number of fused-ring (bicyclic) bond motifs is 1. The van der Waals surface area contributed by atoms with Crippen molar-refractivity contribution in [2.45, 2.75) is 26.4 Å². The predicted molar refractivity (Wildman–Crippen MR) is 136 cm³/mol. The molecule has 0 saturated carbocycles. The number of amides is 2. The summed E-state index contributed by atoms with van der Waals surface area (Å²) >= 11 is 0. The first kappa shape index (κ1) is 22.4. The summed E-state index contributed by atoms with van der Waals surface area (Å²) < 4.78 is 7.12. The van der Waals surface area contributed by atoms with Crippen LogP contribution < -0.4 is 15.0 Å². The zero-order valence-electron chi connectivity index (χ0n) is 19.7. The number of aromatic nitrogens is 2. The van der Waals surface area contributed by atoms with Gasteiger partial charge >= 0.3 is 0 Å². The van der Waals surface area contributed by atoms with Gasteiger partial charge in [-0.15, -0.1) is 0 Å². The molecular formula is C28H26N4O3. The lowest BCUT2D eigenvalue weighted by atomic mass is 10.1. The molecule has 1 aliphatic rings. The lowest BCUT2D eigenvalue weighted by molar-refractivity contribution is -0.119. The van der Waals surface area contributed by atoms with E-state index in [1.54, 1.807) is 24.1 Å². The third-order valence-electron chi connectivity index (χ3n) is 6.13. The monoisotopic (exact) mass is 466 g/mol. The van der Waals surface area contributed by atoms with Crippen molar-refractivity contribution in [3.8, 4) is 17.0 Å². The van der Waals surface area contributed by atoms with Crippen molar-refractivity contribution in [2.24, 2.45) is 0 Å². The smallest absolute Gasteiger partial charge is 0.255 e. The van der Waals surface area contributed by atoms with Gasteiger partial charge in [-0.3, -0.25) is 14.5 Å². The summed E-state index contributed by atoms with van der Waals surface area (Å²) in [6.07, 6.45) is 0.397. The highest BCUT2D eigenvalue weighted by molar-refractivity contribution is 6.04. The number of rotatable bonds is 6. The molecule has 7 nitrogen and oxygen atoms in total. The SMILES string of the molecule is COc1ccc(-c2cc3n(n2)CCC(=O)N3Cc2ccc(C(=O)Nc3ccc(C)cc3)cc2)cc1. The van der Waals surface area contributed by atoms with Gasteiger partial charge in [-0.25, -0.2) is 4.68 Å². The summed E-state index contributed by atoms with van der Waals surface area (Å²) in [7, 11) is 1.64. The van der Waals surface area contributed by atoms with E-state index in [1.807, 2.05) is 78.3 Å². The van der Waals surface area contributed by atoms with Crippen LogP contribution in [0.2, 0.25) is 0 Å². The van der Waals surface area contributed by atoms with E-state index in [9.17, 15) is 9.59 Å². The van der Waals surface area contributed by atoms with Crippen LogP contribution in [-0.2, 0) is 17.9 Å². The molecule has 4 aromatic rings. The molecular weight excluding hydrogens is 440 g/mol. The molecule has 1 aliphatic heterocycles. The van der Waals surface area contributed by atoms with E-state index in [0.717, 1.165) is 39.6 Å². The van der Waals surface area contributed by atoms with E-state index in [1.165, 1.54) is 0 Å². The van der Waals surface area contributed by atoms with Crippen LogP contribution in [0.15, 0.2) is 78.9 Å². The third kappa shape index (κ3) is 4.80. The predicted octanol–water partition coefficient (Wildman–Crippen LogP) is 5.06. The van der Waals surface area contributed by atoms with Crippen LogP contribution >= 0.6 is 0 Å². The number of carbonyl (C=O) groups is 2. The van der Waals surface area contributed by atoms with Gasteiger partial charge in [0.05, 0.1) is 25.9 Å². The Balaban J connectivity index is 1.32. The Hall–Kier alpha value is -4.39. The van der Waals surface area contributed by atoms with E-state index in [4.69, 9.17) is 9.84 Å². The highest BCUT2D eigenvalue weighted by Crippen LogP contribution is 2.30. The van der Waals surface area contributed by atoms with Crippen molar-refractivity contribution in [3.63, 3.8) is 0 Å². The minimum absolute atomic E-state index is 0.0554. The largest absolute Gasteiger partial charge is 0.497 e. The van der Waals surface area contributed by atoms with Crippen molar-refractivity contribution in [2.75, 3.05) is 17.3 Å². The highest BCUT2D eigenvalue weighted by Gasteiger charge is 2.26. The Kier molecular flexibility index (Phi) is 6.06. The fourth-order valence-corrected chi connectivity index (χ4v) is 4.11. The lowest BCUT2D eigenvalue weighted by Crippen LogP contribution is -2.36. The molecule has 0 atom stereocenters. The molecule has 0 radical (unpaired) electrons. The maximum absolute atomic E-state index is 12.8. The average molecular weight is 467 g/mol. The Bertz CT molecular complexity index is 1360. The summed E-state index contributed by atoms with van der Waals surface area (Å²) in [6.45, 7) is 2.97. The molecule has 35 heavy (non-hydrogen) atoms. The van der Waals surface area contributed by atoms with Gasteiger partial charge in [-0.1, -0.05) is 29.8 Å². The third-order valence-corrected chi connectivity index (χ3v) is 6.13. The summed E-state index contributed by atoms with van der Waals surface area (Å²) in [6, 6.07) is 24.7. The molecule has 7 heteroatoms. The van der Waals surface area contributed by atoms with E-state index in [0.29, 0.717) is 25.1 Å². The van der Waals surface area contributed by atoms with Crippen LogP contribution in [0.5, 0.6) is 5.75 Å². The molecule has 0 saturated heterocycles. The molecule has 3 aromatic carbocycles. The van der Waals surface area contributed by atoms with Crippen LogP contribution in [0.1, 0.15) is 27.9 Å². The molecule has 0 unspecified atom stereocenters. The Morgan fingerprint density at radius 1 is 1.00 bits per heavy atom. The molecule has 5 rings (SSSR count). The standard InChI is InChI=1S/C28H26N4O3/c1-19-3-11-23(12-4-19)29-28(34)22-7-5-20(6-8-22)18-31-26-17-25(30-32(26)16-15-27(31)33)21-9-13-24(35-2)14-10-21/h3-14,17H,15-16,18H2,1-2H3,(H,29,34). The maximum atomic E-state index is 12.8. The van der Waals surface area contributed by atoms with Crippen molar-refractivity contribution in [3.05, 3.63) is 95.6 Å². The highest BCUT2D eigenvalue weighted by atomic mass is 16.5. The Labute approximate surface area is 204 Å². The fourth-order valence-electron chi connectivity index (χ4n) is 4.11. The summed E-state index contributed by atoms with van der Waals surface area (Å²) in [4.78, 5) is 27.2. The Morgan fingerprint density at radius 2 is 1.71 bits per heavy atom. The minimum atomic E-state index is -0.170. The first-order chi connectivity index (χ1) is 17.0. The number of aryl methyl sites for hydroxylation is 2. The van der Waals surface area contributed by atoms with Gasteiger partial charge in [0.15, 0.2) is 0 Å². The van der Waals surface area contributed by atoms with Crippen LogP contribution in [0.3, 0.4) is 0 Å². The number of hydrogen-bond donors (Lipinski definition) is 1. The quantitative estimate of drug-likeness (QED) is 0.431. The van der Waals surface area contributed by atoms with E-state index >= 15 is 0 Å². The van der Waals surface area contributed by atoms with Crippen molar-refractivity contribution in [1.29, 1.82) is 0 Å². The topological polar surface area (TPSA) is 76.5 Å². The zero-order valence-corrected chi connectivity index (χ0v) is 19.7. The maximum Gasteiger partial charge on any atom is 0.255 e. The Morgan fingerprint density at radius 3 is 2.40 bits per heavy atom. The second-order valence-electron chi connectivity index (χ2n) is 8.59. The first-order valence-electron chi connectivity index (χ1n) is 11.5. The minimum Gasteiger partial charge on any atom is -0.497 e. The number of nitrogens with one attached hydrogen (secondary N) is 1. The van der Waals surface area contributed by atoms with Crippen LogP contribution in [-0.4, -0.2) is 28.7 Å². The van der Waals surface area contributed by atoms with Crippen LogP contribution in [0.25, 0.3) is 11.3 Å².